The second-order valence-corrected chi connectivity index (χ2v) is 9.58. The van der Waals surface area contributed by atoms with Gasteiger partial charge in [-0.05, 0) is 31.1 Å². The van der Waals surface area contributed by atoms with Gasteiger partial charge in [0.25, 0.3) is 6.17 Å². The zero-order valence-electron chi connectivity index (χ0n) is 17.0. The standard InChI is InChI=1S/C21H20F6O6/c22-19(21(25,26)27)20(23,24)6-31-17(29)12-10-5-11-13(12)18(30)33-15(11)14(10)32-16(28)9-4-7-1-2-8(9)3-7/h1-2,7-15,19H,3-6H2. The Labute approximate surface area is 183 Å². The average molecular weight is 482 g/mol. The van der Waals surface area contributed by atoms with Crippen molar-refractivity contribution in [3.8, 4) is 0 Å². The number of carbonyl (C=O) groups excluding carboxylic acids is 3. The molecule has 0 radical (unpaired) electrons. The van der Waals surface area contributed by atoms with E-state index in [0.29, 0.717) is 12.3 Å². The molecule has 182 valence electrons. The van der Waals surface area contributed by atoms with Crippen LogP contribution in [-0.2, 0) is 28.6 Å². The summed E-state index contributed by atoms with van der Waals surface area (Å²) in [5.41, 5.74) is 0. The van der Waals surface area contributed by atoms with Gasteiger partial charge < -0.3 is 14.2 Å². The van der Waals surface area contributed by atoms with Crippen molar-refractivity contribution in [2.24, 2.45) is 41.4 Å². The van der Waals surface area contributed by atoms with Gasteiger partial charge >= 0.3 is 30.0 Å². The SMILES string of the molecule is O=C(OC1C2CC3C1OC(=O)C3C2C(=O)OCC(F)(F)C(F)C(F)(F)F)C1CC2C=CC1C2. The molecule has 4 bridgehead atoms. The fourth-order valence-electron chi connectivity index (χ4n) is 6.32. The summed E-state index contributed by atoms with van der Waals surface area (Å²) < 4.78 is 92.5. The predicted octanol–water partition coefficient (Wildman–Crippen LogP) is 3.00. The number of carbonyl (C=O) groups is 3. The molecule has 5 rings (SSSR count). The minimum Gasteiger partial charge on any atom is -0.459 e. The monoisotopic (exact) mass is 482 g/mol. The third kappa shape index (κ3) is 3.51. The van der Waals surface area contributed by atoms with E-state index in [9.17, 15) is 40.7 Å². The summed E-state index contributed by atoms with van der Waals surface area (Å²) in [4.78, 5) is 37.6. The van der Waals surface area contributed by atoms with Crippen molar-refractivity contribution < 1.29 is 54.9 Å². The number of alkyl halides is 6. The highest BCUT2D eigenvalue weighted by molar-refractivity contribution is 5.86. The molecule has 4 aliphatic carbocycles. The first-order valence-electron chi connectivity index (χ1n) is 10.7. The number of fused-ring (bicyclic) bond motifs is 3. The van der Waals surface area contributed by atoms with Crippen LogP contribution in [0.4, 0.5) is 26.3 Å². The Morgan fingerprint density at radius 1 is 1.06 bits per heavy atom. The van der Waals surface area contributed by atoms with Gasteiger partial charge in [-0.25, -0.2) is 4.39 Å². The second kappa shape index (κ2) is 7.36. The molecular weight excluding hydrogens is 462 g/mol. The predicted molar refractivity (Wildman–Crippen MR) is 94.0 cm³/mol. The number of ether oxygens (including phenoxy) is 3. The molecule has 1 aliphatic heterocycles. The van der Waals surface area contributed by atoms with Gasteiger partial charge in [0, 0.05) is 11.8 Å². The summed E-state index contributed by atoms with van der Waals surface area (Å²) in [5, 5.41) is 0. The molecule has 6 nitrogen and oxygen atoms in total. The molecule has 10 atom stereocenters. The average Bonchev–Trinajstić information content (AvgIpc) is 3.52. The summed E-state index contributed by atoms with van der Waals surface area (Å²) in [6.07, 6.45) is -6.40. The quantitative estimate of drug-likeness (QED) is 0.251. The maximum Gasteiger partial charge on any atom is 0.425 e. The molecule has 3 saturated carbocycles. The van der Waals surface area contributed by atoms with Crippen LogP contribution in [0.15, 0.2) is 12.2 Å². The summed E-state index contributed by atoms with van der Waals surface area (Å²) >= 11 is 0. The van der Waals surface area contributed by atoms with E-state index in [1.54, 1.807) is 0 Å². The van der Waals surface area contributed by atoms with Crippen molar-refractivity contribution in [1.29, 1.82) is 0 Å². The highest BCUT2D eigenvalue weighted by atomic mass is 19.4. The number of allylic oxidation sites excluding steroid dienone is 2. The van der Waals surface area contributed by atoms with E-state index in [-0.39, 0.29) is 18.3 Å². The maximum absolute atomic E-state index is 13.6. The van der Waals surface area contributed by atoms with Crippen LogP contribution in [0.1, 0.15) is 19.3 Å². The van der Waals surface area contributed by atoms with E-state index in [2.05, 4.69) is 4.74 Å². The molecule has 4 fully saturated rings. The van der Waals surface area contributed by atoms with E-state index < -0.39 is 78.7 Å². The third-order valence-electron chi connectivity index (χ3n) is 7.72. The van der Waals surface area contributed by atoms with Crippen molar-refractivity contribution in [3.63, 3.8) is 0 Å². The Balaban J connectivity index is 1.27. The zero-order valence-corrected chi connectivity index (χ0v) is 17.0. The Morgan fingerprint density at radius 3 is 2.39 bits per heavy atom. The number of hydrogen-bond acceptors (Lipinski definition) is 6. The number of esters is 3. The molecule has 5 aliphatic rings. The highest BCUT2D eigenvalue weighted by Gasteiger charge is 2.70. The molecule has 10 unspecified atom stereocenters. The van der Waals surface area contributed by atoms with Gasteiger partial charge in [-0.3, -0.25) is 14.4 Å². The minimum absolute atomic E-state index is 0.0465. The lowest BCUT2D eigenvalue weighted by Crippen LogP contribution is -2.47. The summed E-state index contributed by atoms with van der Waals surface area (Å²) in [7, 11) is 0. The van der Waals surface area contributed by atoms with Crippen molar-refractivity contribution in [3.05, 3.63) is 12.2 Å². The van der Waals surface area contributed by atoms with Crippen molar-refractivity contribution >= 4 is 17.9 Å². The van der Waals surface area contributed by atoms with Crippen LogP contribution in [0.5, 0.6) is 0 Å². The van der Waals surface area contributed by atoms with E-state index in [1.807, 2.05) is 12.2 Å². The molecule has 0 spiro atoms. The second-order valence-electron chi connectivity index (χ2n) is 9.58. The van der Waals surface area contributed by atoms with Gasteiger partial charge in [0.05, 0.1) is 17.8 Å². The van der Waals surface area contributed by atoms with Crippen LogP contribution in [0, 0.1) is 41.4 Å². The molecule has 1 heterocycles. The fourth-order valence-corrected chi connectivity index (χ4v) is 6.32. The van der Waals surface area contributed by atoms with Gasteiger partial charge in [0.1, 0.15) is 12.2 Å². The minimum atomic E-state index is -5.83. The smallest absolute Gasteiger partial charge is 0.425 e. The van der Waals surface area contributed by atoms with Gasteiger partial charge in [-0.15, -0.1) is 0 Å². The largest absolute Gasteiger partial charge is 0.459 e. The normalized spacial score (nSPS) is 41.4. The molecule has 12 heteroatoms. The van der Waals surface area contributed by atoms with Crippen LogP contribution in [-0.4, -0.2) is 55.0 Å². The van der Waals surface area contributed by atoms with Crippen LogP contribution in [0.25, 0.3) is 0 Å². The third-order valence-corrected chi connectivity index (χ3v) is 7.72. The van der Waals surface area contributed by atoms with Crippen molar-refractivity contribution in [2.45, 2.75) is 49.7 Å². The first kappa shape index (κ1) is 22.5. The van der Waals surface area contributed by atoms with E-state index >= 15 is 0 Å². The van der Waals surface area contributed by atoms with Gasteiger partial charge in [0.15, 0.2) is 6.61 Å². The summed E-state index contributed by atoms with van der Waals surface area (Å²) in [6.45, 7) is -2.13. The van der Waals surface area contributed by atoms with Crippen molar-refractivity contribution in [2.75, 3.05) is 6.61 Å². The van der Waals surface area contributed by atoms with Gasteiger partial charge in [-0.2, -0.15) is 22.0 Å². The fraction of sp³-hybridized carbons (Fsp3) is 0.762. The lowest BCUT2D eigenvalue weighted by molar-refractivity contribution is -0.255. The van der Waals surface area contributed by atoms with Crippen LogP contribution in [0.2, 0.25) is 0 Å². The first-order valence-corrected chi connectivity index (χ1v) is 10.7. The van der Waals surface area contributed by atoms with Crippen LogP contribution in [0.3, 0.4) is 0 Å². The Bertz CT molecular complexity index is 902. The van der Waals surface area contributed by atoms with Crippen LogP contribution < -0.4 is 0 Å². The van der Waals surface area contributed by atoms with E-state index in [4.69, 9.17) is 9.47 Å². The van der Waals surface area contributed by atoms with Crippen LogP contribution >= 0.6 is 0 Å². The molecule has 0 aromatic heterocycles. The lowest BCUT2D eigenvalue weighted by Gasteiger charge is -2.32. The van der Waals surface area contributed by atoms with Crippen molar-refractivity contribution in [1.82, 2.24) is 0 Å². The maximum atomic E-state index is 13.6. The molecule has 1 saturated heterocycles. The summed E-state index contributed by atoms with van der Waals surface area (Å²) in [5.74, 6) is -11.2. The highest BCUT2D eigenvalue weighted by Crippen LogP contribution is 2.59. The molecule has 33 heavy (non-hydrogen) atoms. The lowest BCUT2D eigenvalue weighted by atomic mass is 9.78. The van der Waals surface area contributed by atoms with E-state index in [1.165, 1.54) is 0 Å². The molecule has 0 amide bonds. The first-order chi connectivity index (χ1) is 15.4. The zero-order chi connectivity index (χ0) is 23.9. The number of rotatable bonds is 6. The topological polar surface area (TPSA) is 78.9 Å². The number of hydrogen-bond donors (Lipinski definition) is 0. The Kier molecular flexibility index (Phi) is 5.02. The van der Waals surface area contributed by atoms with E-state index in [0.717, 1.165) is 6.42 Å². The molecule has 0 N–H and O–H groups in total. The molecular formula is C21H20F6O6. The van der Waals surface area contributed by atoms with Gasteiger partial charge in [0.2, 0.25) is 0 Å². The molecule has 0 aromatic carbocycles. The summed E-state index contributed by atoms with van der Waals surface area (Å²) in [6, 6.07) is 0. The molecule has 0 aromatic rings. The van der Waals surface area contributed by atoms with Gasteiger partial charge in [-0.1, -0.05) is 12.2 Å². The number of halogens is 6. The Hall–Kier alpha value is -2.27. The Morgan fingerprint density at radius 2 is 1.79 bits per heavy atom.